The van der Waals surface area contributed by atoms with E-state index in [1.807, 2.05) is 24.3 Å². The highest BCUT2D eigenvalue weighted by Gasteiger charge is 2.18. The average Bonchev–Trinajstić information content (AvgIpc) is 2.75. The first-order valence-corrected chi connectivity index (χ1v) is 7.59. The zero-order chi connectivity index (χ0) is 13.8. The van der Waals surface area contributed by atoms with E-state index in [1.165, 1.54) is 0 Å². The van der Waals surface area contributed by atoms with Crippen molar-refractivity contribution in [3.63, 3.8) is 0 Å². The summed E-state index contributed by atoms with van der Waals surface area (Å²) in [5.74, 6) is 0.832. The lowest BCUT2D eigenvalue weighted by Gasteiger charge is -2.17. The van der Waals surface area contributed by atoms with Crippen LogP contribution in [0.2, 0.25) is 10.0 Å². The van der Waals surface area contributed by atoms with E-state index in [2.05, 4.69) is 28.2 Å². The van der Waals surface area contributed by atoms with Crippen LogP contribution in [0, 0.1) is 0 Å². The molecule has 2 aromatic rings. The van der Waals surface area contributed by atoms with Crippen molar-refractivity contribution < 1.29 is 4.42 Å². The minimum absolute atomic E-state index is 0.0533. The number of hydrogen-bond acceptors (Lipinski definition) is 2. The van der Waals surface area contributed by atoms with Crippen molar-refractivity contribution >= 4 is 39.1 Å². The maximum Gasteiger partial charge on any atom is 0.169 e. The van der Waals surface area contributed by atoms with E-state index in [9.17, 15) is 0 Å². The maximum absolute atomic E-state index is 6.07. The third-order valence-electron chi connectivity index (χ3n) is 2.70. The zero-order valence-corrected chi connectivity index (χ0v) is 13.5. The van der Waals surface area contributed by atoms with Crippen LogP contribution in [0.25, 0.3) is 0 Å². The fourth-order valence-corrected chi connectivity index (χ4v) is 2.76. The Kier molecular flexibility index (Phi) is 5.34. The molecule has 1 aromatic carbocycles. The fourth-order valence-electron chi connectivity index (χ4n) is 1.90. The van der Waals surface area contributed by atoms with Crippen molar-refractivity contribution in [2.24, 2.45) is 0 Å². The van der Waals surface area contributed by atoms with Gasteiger partial charge in [-0.1, -0.05) is 30.1 Å². The number of rotatable bonds is 5. The molecule has 1 atom stereocenters. The molecule has 0 spiro atoms. The molecule has 0 amide bonds. The van der Waals surface area contributed by atoms with Crippen molar-refractivity contribution in [3.8, 4) is 0 Å². The van der Waals surface area contributed by atoms with Crippen LogP contribution >= 0.6 is 39.1 Å². The lowest BCUT2D eigenvalue weighted by molar-refractivity contribution is 0.433. The first-order chi connectivity index (χ1) is 9.10. The maximum atomic E-state index is 6.07. The van der Waals surface area contributed by atoms with Gasteiger partial charge in [0.25, 0.3) is 0 Å². The smallest absolute Gasteiger partial charge is 0.169 e. The van der Waals surface area contributed by atoms with Gasteiger partial charge in [0.1, 0.15) is 5.76 Å². The Bertz CT molecular complexity index is 536. The molecule has 1 unspecified atom stereocenters. The normalized spacial score (nSPS) is 12.6. The second kappa shape index (κ2) is 6.80. The number of halogens is 3. The van der Waals surface area contributed by atoms with E-state index in [1.54, 1.807) is 6.07 Å². The summed E-state index contributed by atoms with van der Waals surface area (Å²) in [7, 11) is 0. The molecule has 1 heterocycles. The van der Waals surface area contributed by atoms with Gasteiger partial charge in [-0.2, -0.15) is 0 Å². The van der Waals surface area contributed by atoms with Crippen molar-refractivity contribution in [1.29, 1.82) is 0 Å². The minimum atomic E-state index is -0.0533. The molecular weight excluding hydrogens is 349 g/mol. The molecule has 5 heteroatoms. The lowest BCUT2D eigenvalue weighted by atomic mass is 10.0. The van der Waals surface area contributed by atoms with Gasteiger partial charge in [0.15, 0.2) is 4.67 Å². The van der Waals surface area contributed by atoms with Gasteiger partial charge in [-0.05, 0) is 64.8 Å². The first-order valence-electron chi connectivity index (χ1n) is 6.04. The third kappa shape index (κ3) is 3.99. The van der Waals surface area contributed by atoms with Gasteiger partial charge < -0.3 is 9.73 Å². The summed E-state index contributed by atoms with van der Waals surface area (Å²) in [4.78, 5) is 0. The molecule has 19 heavy (non-hydrogen) atoms. The molecule has 1 aromatic heterocycles. The Labute approximate surface area is 131 Å². The van der Waals surface area contributed by atoms with Gasteiger partial charge in [-0.25, -0.2) is 0 Å². The van der Waals surface area contributed by atoms with Crippen molar-refractivity contribution in [2.45, 2.75) is 19.4 Å². The molecule has 0 fully saturated rings. The van der Waals surface area contributed by atoms with Gasteiger partial charge >= 0.3 is 0 Å². The first kappa shape index (κ1) is 14.9. The van der Waals surface area contributed by atoms with E-state index in [0.29, 0.717) is 14.7 Å². The number of nitrogens with one attached hydrogen (secondary N) is 1. The summed E-state index contributed by atoms with van der Waals surface area (Å²) in [6.45, 7) is 3.00. The Morgan fingerprint density at radius 2 is 1.89 bits per heavy atom. The van der Waals surface area contributed by atoms with Crippen molar-refractivity contribution in [2.75, 3.05) is 6.54 Å². The van der Waals surface area contributed by atoms with Crippen LogP contribution in [-0.4, -0.2) is 6.54 Å². The topological polar surface area (TPSA) is 25.2 Å². The molecule has 102 valence electrons. The molecule has 0 radical (unpaired) electrons. The summed E-state index contributed by atoms with van der Waals surface area (Å²) < 4.78 is 6.35. The Morgan fingerprint density at radius 3 is 2.42 bits per heavy atom. The number of hydrogen-bond donors (Lipinski definition) is 1. The average molecular weight is 363 g/mol. The minimum Gasteiger partial charge on any atom is -0.452 e. The van der Waals surface area contributed by atoms with E-state index >= 15 is 0 Å². The second-order valence-corrected chi connectivity index (χ2v) is 5.89. The molecule has 1 N–H and O–H groups in total. The highest BCUT2D eigenvalue weighted by molar-refractivity contribution is 9.10. The van der Waals surface area contributed by atoms with Gasteiger partial charge in [0.05, 0.1) is 6.04 Å². The van der Waals surface area contributed by atoms with E-state index in [0.717, 1.165) is 24.3 Å². The molecule has 2 nitrogen and oxygen atoms in total. The molecule has 2 rings (SSSR count). The van der Waals surface area contributed by atoms with Crippen molar-refractivity contribution in [1.82, 2.24) is 5.32 Å². The molecule has 0 aliphatic rings. The van der Waals surface area contributed by atoms with Crippen LogP contribution < -0.4 is 5.32 Å². The number of furan rings is 1. The van der Waals surface area contributed by atoms with Crippen molar-refractivity contribution in [3.05, 3.63) is 56.4 Å². The largest absolute Gasteiger partial charge is 0.452 e. The Morgan fingerprint density at radius 1 is 1.21 bits per heavy atom. The monoisotopic (exact) mass is 361 g/mol. The predicted octanol–water partition coefficient (Wildman–Crippen LogP) is 5.44. The van der Waals surface area contributed by atoms with Gasteiger partial charge in [-0.15, -0.1) is 0 Å². The molecule has 0 bridgehead atoms. The Hall–Kier alpha value is -0.480. The standard InChI is InChI=1S/C14H14BrCl2NO/c1-2-5-18-14(12-3-4-13(15)19-12)9-6-10(16)8-11(17)7-9/h3-4,6-8,14,18H,2,5H2,1H3. The van der Waals surface area contributed by atoms with Crippen LogP contribution in [0.3, 0.4) is 0 Å². The van der Waals surface area contributed by atoms with Crippen LogP contribution in [0.5, 0.6) is 0 Å². The molecule has 0 saturated heterocycles. The SMILES string of the molecule is CCCNC(c1cc(Cl)cc(Cl)c1)c1ccc(Br)o1. The summed E-state index contributed by atoms with van der Waals surface area (Å²) >= 11 is 15.5. The molecule has 0 aliphatic heterocycles. The van der Waals surface area contributed by atoms with Crippen LogP contribution in [0.15, 0.2) is 39.4 Å². The van der Waals surface area contributed by atoms with Crippen LogP contribution in [0.1, 0.15) is 30.7 Å². The zero-order valence-electron chi connectivity index (χ0n) is 10.4. The van der Waals surface area contributed by atoms with Crippen LogP contribution in [-0.2, 0) is 0 Å². The van der Waals surface area contributed by atoms with E-state index < -0.39 is 0 Å². The predicted molar refractivity (Wildman–Crippen MR) is 83.0 cm³/mol. The quantitative estimate of drug-likeness (QED) is 0.766. The molecular formula is C14H14BrCl2NO. The highest BCUT2D eigenvalue weighted by atomic mass is 79.9. The lowest BCUT2D eigenvalue weighted by Crippen LogP contribution is -2.22. The third-order valence-corrected chi connectivity index (χ3v) is 3.56. The summed E-state index contributed by atoms with van der Waals surface area (Å²) in [6, 6.07) is 9.28. The van der Waals surface area contributed by atoms with Gasteiger partial charge in [-0.3, -0.25) is 0 Å². The number of benzene rings is 1. The second-order valence-electron chi connectivity index (χ2n) is 4.23. The van der Waals surface area contributed by atoms with Crippen LogP contribution in [0.4, 0.5) is 0 Å². The van der Waals surface area contributed by atoms with E-state index in [4.69, 9.17) is 27.6 Å². The summed E-state index contributed by atoms with van der Waals surface area (Å²) in [6.07, 6.45) is 1.03. The molecule has 0 saturated carbocycles. The summed E-state index contributed by atoms with van der Waals surface area (Å²) in [5, 5.41) is 4.68. The highest BCUT2D eigenvalue weighted by Crippen LogP contribution is 2.30. The molecule has 0 aliphatic carbocycles. The fraction of sp³-hybridized carbons (Fsp3) is 0.286. The van der Waals surface area contributed by atoms with Gasteiger partial charge in [0, 0.05) is 10.0 Å². The van der Waals surface area contributed by atoms with E-state index in [-0.39, 0.29) is 6.04 Å². The Balaban J connectivity index is 2.36. The van der Waals surface area contributed by atoms with Gasteiger partial charge in [0.2, 0.25) is 0 Å². The summed E-state index contributed by atoms with van der Waals surface area (Å²) in [5.41, 5.74) is 0.993.